The molecule has 1 fully saturated rings. The normalized spacial score (nSPS) is 18.3. The van der Waals surface area contributed by atoms with E-state index in [9.17, 15) is 8.78 Å². The van der Waals surface area contributed by atoms with E-state index in [4.69, 9.17) is 5.73 Å². The van der Waals surface area contributed by atoms with Crippen LogP contribution in [0.1, 0.15) is 25.3 Å². The second-order valence-electron chi connectivity index (χ2n) is 5.46. The van der Waals surface area contributed by atoms with Crippen LogP contribution in [0.5, 0.6) is 5.75 Å². The van der Waals surface area contributed by atoms with Crippen molar-refractivity contribution >= 4 is 12.4 Å². The SMILES string of the molecule is CC(N)C1CCN(Cc2ccccc2OC(F)F)CC1.Cl. The lowest BCUT2D eigenvalue weighted by atomic mass is 9.91. The van der Waals surface area contributed by atoms with Gasteiger partial charge in [0.2, 0.25) is 0 Å². The fourth-order valence-electron chi connectivity index (χ4n) is 2.72. The van der Waals surface area contributed by atoms with Crippen LogP contribution in [0.15, 0.2) is 24.3 Å². The lowest BCUT2D eigenvalue weighted by molar-refractivity contribution is -0.0508. The highest BCUT2D eigenvalue weighted by Crippen LogP contribution is 2.25. The number of piperidine rings is 1. The Morgan fingerprint density at radius 2 is 1.90 bits per heavy atom. The Hall–Kier alpha value is -0.910. The Bertz CT molecular complexity index is 424. The lowest BCUT2D eigenvalue weighted by Crippen LogP contribution is -2.39. The molecule has 1 aliphatic rings. The number of alkyl halides is 2. The molecule has 1 aliphatic heterocycles. The van der Waals surface area contributed by atoms with Gasteiger partial charge in [0.1, 0.15) is 5.75 Å². The maximum Gasteiger partial charge on any atom is 0.387 e. The van der Waals surface area contributed by atoms with Gasteiger partial charge in [0.05, 0.1) is 0 Å². The van der Waals surface area contributed by atoms with E-state index in [1.165, 1.54) is 0 Å². The highest BCUT2D eigenvalue weighted by molar-refractivity contribution is 5.85. The molecular weight excluding hydrogens is 298 g/mol. The first kappa shape index (κ1) is 18.1. The third kappa shape index (κ3) is 5.41. The molecule has 2 rings (SSSR count). The van der Waals surface area contributed by atoms with Crippen LogP contribution < -0.4 is 10.5 Å². The molecule has 0 spiro atoms. The van der Waals surface area contributed by atoms with Crippen LogP contribution in [-0.4, -0.2) is 30.6 Å². The van der Waals surface area contributed by atoms with Crippen LogP contribution in [0.2, 0.25) is 0 Å². The summed E-state index contributed by atoms with van der Waals surface area (Å²) in [5.41, 5.74) is 6.73. The summed E-state index contributed by atoms with van der Waals surface area (Å²) in [6.07, 6.45) is 2.13. The minimum absolute atomic E-state index is 0. The Morgan fingerprint density at radius 3 is 2.48 bits per heavy atom. The van der Waals surface area contributed by atoms with Crippen LogP contribution in [0.4, 0.5) is 8.78 Å². The third-order valence-electron chi connectivity index (χ3n) is 3.96. The van der Waals surface area contributed by atoms with Gasteiger partial charge in [-0.25, -0.2) is 0 Å². The number of para-hydroxylation sites is 1. The number of hydrogen-bond acceptors (Lipinski definition) is 3. The minimum Gasteiger partial charge on any atom is -0.434 e. The average molecular weight is 321 g/mol. The van der Waals surface area contributed by atoms with E-state index in [-0.39, 0.29) is 24.2 Å². The van der Waals surface area contributed by atoms with Gasteiger partial charge in [-0.1, -0.05) is 18.2 Å². The van der Waals surface area contributed by atoms with Gasteiger partial charge in [-0.15, -0.1) is 12.4 Å². The topological polar surface area (TPSA) is 38.5 Å². The summed E-state index contributed by atoms with van der Waals surface area (Å²) < 4.78 is 29.3. The van der Waals surface area contributed by atoms with E-state index in [1.54, 1.807) is 12.1 Å². The minimum atomic E-state index is -2.78. The van der Waals surface area contributed by atoms with Gasteiger partial charge in [-0.05, 0) is 44.8 Å². The van der Waals surface area contributed by atoms with E-state index in [2.05, 4.69) is 9.64 Å². The average Bonchev–Trinajstić information content (AvgIpc) is 2.41. The zero-order valence-electron chi connectivity index (χ0n) is 12.2. The molecule has 1 aromatic rings. The summed E-state index contributed by atoms with van der Waals surface area (Å²) in [6.45, 7) is 1.82. The van der Waals surface area contributed by atoms with Crippen molar-refractivity contribution in [3.63, 3.8) is 0 Å². The monoisotopic (exact) mass is 320 g/mol. The van der Waals surface area contributed by atoms with E-state index >= 15 is 0 Å². The molecule has 0 radical (unpaired) electrons. The summed E-state index contributed by atoms with van der Waals surface area (Å²) in [6, 6.07) is 7.23. The molecule has 2 N–H and O–H groups in total. The molecule has 1 unspecified atom stereocenters. The number of nitrogens with two attached hydrogens (primary N) is 1. The summed E-state index contributed by atoms with van der Waals surface area (Å²) in [5, 5.41) is 0. The van der Waals surface area contributed by atoms with Crippen molar-refractivity contribution in [2.24, 2.45) is 11.7 Å². The number of halogens is 3. The fourth-order valence-corrected chi connectivity index (χ4v) is 2.72. The lowest BCUT2D eigenvalue weighted by Gasteiger charge is -2.33. The Labute approximate surface area is 130 Å². The quantitative estimate of drug-likeness (QED) is 0.905. The van der Waals surface area contributed by atoms with Crippen molar-refractivity contribution in [1.29, 1.82) is 0 Å². The first-order chi connectivity index (χ1) is 9.56. The highest BCUT2D eigenvalue weighted by atomic mass is 35.5. The summed E-state index contributed by atoms with van der Waals surface area (Å²) >= 11 is 0. The van der Waals surface area contributed by atoms with Gasteiger partial charge >= 0.3 is 6.61 Å². The highest BCUT2D eigenvalue weighted by Gasteiger charge is 2.22. The molecule has 0 saturated carbocycles. The largest absolute Gasteiger partial charge is 0.434 e. The molecule has 21 heavy (non-hydrogen) atoms. The predicted octanol–water partition coefficient (Wildman–Crippen LogP) is 3.27. The van der Waals surface area contributed by atoms with Gasteiger partial charge in [0.25, 0.3) is 0 Å². The van der Waals surface area contributed by atoms with Crippen LogP contribution in [0, 0.1) is 5.92 Å². The van der Waals surface area contributed by atoms with Crippen LogP contribution in [-0.2, 0) is 6.54 Å². The van der Waals surface area contributed by atoms with E-state index in [0.717, 1.165) is 31.5 Å². The van der Waals surface area contributed by atoms with Gasteiger partial charge < -0.3 is 10.5 Å². The fraction of sp³-hybridized carbons (Fsp3) is 0.600. The number of nitrogens with zero attached hydrogens (tertiary/aromatic N) is 1. The molecule has 1 aromatic carbocycles. The third-order valence-corrected chi connectivity index (χ3v) is 3.96. The maximum atomic E-state index is 12.4. The van der Waals surface area contributed by atoms with Gasteiger partial charge in [-0.2, -0.15) is 8.78 Å². The molecule has 1 heterocycles. The molecule has 0 bridgehead atoms. The zero-order chi connectivity index (χ0) is 14.5. The number of likely N-dealkylation sites (tertiary alicyclic amines) is 1. The number of hydrogen-bond donors (Lipinski definition) is 1. The summed E-state index contributed by atoms with van der Waals surface area (Å²) in [4.78, 5) is 2.27. The standard InChI is InChI=1S/C15H22F2N2O.ClH/c1-11(18)12-6-8-19(9-7-12)10-13-4-2-3-5-14(13)20-15(16)17;/h2-5,11-12,15H,6-10,18H2,1H3;1H. The van der Waals surface area contributed by atoms with Crippen molar-refractivity contribution in [3.05, 3.63) is 29.8 Å². The Balaban J connectivity index is 0.00000220. The molecule has 6 heteroatoms. The van der Waals surface area contributed by atoms with Gasteiger partial charge in [0.15, 0.2) is 0 Å². The first-order valence-electron chi connectivity index (χ1n) is 7.07. The number of ether oxygens (including phenoxy) is 1. The van der Waals surface area contributed by atoms with E-state index < -0.39 is 6.61 Å². The van der Waals surface area contributed by atoms with Crippen LogP contribution in [0.3, 0.4) is 0 Å². The number of benzene rings is 1. The van der Waals surface area contributed by atoms with Crippen molar-refractivity contribution in [2.75, 3.05) is 13.1 Å². The molecule has 120 valence electrons. The van der Waals surface area contributed by atoms with Crippen molar-refractivity contribution in [2.45, 2.75) is 39.0 Å². The number of rotatable bonds is 5. The first-order valence-corrected chi connectivity index (χ1v) is 7.07. The van der Waals surface area contributed by atoms with Crippen molar-refractivity contribution in [1.82, 2.24) is 4.90 Å². The van der Waals surface area contributed by atoms with E-state index in [0.29, 0.717) is 12.5 Å². The second kappa shape index (κ2) is 8.51. The zero-order valence-corrected chi connectivity index (χ0v) is 13.0. The van der Waals surface area contributed by atoms with Crippen molar-refractivity contribution in [3.8, 4) is 5.75 Å². The van der Waals surface area contributed by atoms with Crippen molar-refractivity contribution < 1.29 is 13.5 Å². The molecule has 0 amide bonds. The van der Waals surface area contributed by atoms with E-state index in [1.807, 2.05) is 19.1 Å². The van der Waals surface area contributed by atoms with Crippen LogP contribution >= 0.6 is 12.4 Å². The Morgan fingerprint density at radius 1 is 1.29 bits per heavy atom. The maximum absolute atomic E-state index is 12.4. The molecule has 1 atom stereocenters. The smallest absolute Gasteiger partial charge is 0.387 e. The molecule has 1 saturated heterocycles. The molecule has 0 aliphatic carbocycles. The predicted molar refractivity (Wildman–Crippen MR) is 82.0 cm³/mol. The summed E-state index contributed by atoms with van der Waals surface area (Å²) in [7, 11) is 0. The van der Waals surface area contributed by atoms with Gasteiger partial charge in [-0.3, -0.25) is 4.90 Å². The molecule has 3 nitrogen and oxygen atoms in total. The van der Waals surface area contributed by atoms with Gasteiger partial charge in [0, 0.05) is 18.2 Å². The Kier molecular flexibility index (Phi) is 7.35. The van der Waals surface area contributed by atoms with Crippen LogP contribution in [0.25, 0.3) is 0 Å². The molecular formula is C15H23ClF2N2O. The summed E-state index contributed by atoms with van der Waals surface area (Å²) in [5.74, 6) is 0.843. The molecule has 0 aromatic heterocycles. The second-order valence-corrected chi connectivity index (χ2v) is 5.46.